The van der Waals surface area contributed by atoms with Crippen LogP contribution in [-0.4, -0.2) is 31.2 Å². The van der Waals surface area contributed by atoms with Crippen LogP contribution in [-0.2, 0) is 14.8 Å². The highest BCUT2D eigenvalue weighted by atomic mass is 79.9. The number of carbonyl (C=O) groups excluding carboxylic acids is 2. The number of hydrogen-bond donors (Lipinski definition) is 1. The molecule has 1 saturated heterocycles. The number of hydrogen-bond acceptors (Lipinski definition) is 5. The van der Waals surface area contributed by atoms with Gasteiger partial charge in [0.1, 0.15) is 12.1 Å². The molecular weight excluding hydrogens is 352 g/mol. The van der Waals surface area contributed by atoms with E-state index in [1.165, 1.54) is 0 Å². The first-order valence-corrected chi connectivity index (χ1v) is 7.68. The number of rotatable bonds is 2. The zero-order chi connectivity index (χ0) is 14.5. The highest BCUT2D eigenvalue weighted by molar-refractivity contribution is 9.10. The topological polar surface area (TPSA) is 96.7 Å². The lowest BCUT2D eigenvalue weighted by atomic mass is 10.3. The zero-order valence-electron chi connectivity index (χ0n) is 9.79. The molecule has 1 aliphatic heterocycles. The monoisotopic (exact) mass is 358 g/mol. The summed E-state index contributed by atoms with van der Waals surface area (Å²) in [5.41, 5.74) is 0.365. The van der Waals surface area contributed by atoms with Crippen LogP contribution < -0.4 is 5.32 Å². The molecule has 0 atom stereocenters. The minimum atomic E-state index is -4.23. The molecule has 2 heterocycles. The van der Waals surface area contributed by atoms with E-state index in [9.17, 15) is 18.0 Å². The quantitative estimate of drug-likeness (QED) is 0.819. The van der Waals surface area contributed by atoms with Crippen LogP contribution in [0.4, 0.5) is 4.79 Å². The van der Waals surface area contributed by atoms with Gasteiger partial charge in [0.15, 0.2) is 0 Å². The van der Waals surface area contributed by atoms with E-state index in [0.717, 1.165) is 0 Å². The van der Waals surface area contributed by atoms with Gasteiger partial charge in [-0.3, -0.25) is 10.1 Å². The van der Waals surface area contributed by atoms with Crippen LogP contribution in [0.1, 0.15) is 0 Å². The van der Waals surface area contributed by atoms with Crippen molar-refractivity contribution in [2.24, 2.45) is 0 Å². The number of benzene rings is 1. The molecule has 1 fully saturated rings. The van der Waals surface area contributed by atoms with E-state index in [1.807, 2.05) is 5.32 Å². The smallest absolute Gasteiger partial charge is 0.338 e. The lowest BCUT2D eigenvalue weighted by Crippen LogP contribution is -2.34. The Balaban J connectivity index is 2.17. The molecule has 0 bridgehead atoms. The molecule has 0 spiro atoms. The van der Waals surface area contributed by atoms with Crippen molar-refractivity contribution >= 4 is 48.9 Å². The summed E-state index contributed by atoms with van der Waals surface area (Å²) in [4.78, 5) is 22.6. The van der Waals surface area contributed by atoms with E-state index in [2.05, 4.69) is 15.9 Å². The summed E-state index contributed by atoms with van der Waals surface area (Å²) in [6, 6.07) is 5.72. The van der Waals surface area contributed by atoms with Crippen LogP contribution in [0, 0.1) is 0 Å². The second-order valence-corrected chi connectivity index (χ2v) is 6.62. The Bertz CT molecular complexity index is 842. The molecule has 3 amide bonds. The molecule has 20 heavy (non-hydrogen) atoms. The summed E-state index contributed by atoms with van der Waals surface area (Å²) in [6.45, 7) is -0.551. The van der Waals surface area contributed by atoms with Crippen molar-refractivity contribution in [1.82, 2.24) is 9.62 Å². The van der Waals surface area contributed by atoms with Gasteiger partial charge in [-0.1, -0.05) is 12.1 Å². The Kier molecular flexibility index (Phi) is 2.83. The van der Waals surface area contributed by atoms with Gasteiger partial charge in [0.05, 0.1) is 4.47 Å². The lowest BCUT2D eigenvalue weighted by molar-refractivity contribution is -0.118. The Morgan fingerprint density at radius 3 is 2.55 bits per heavy atom. The Morgan fingerprint density at radius 1 is 1.25 bits per heavy atom. The van der Waals surface area contributed by atoms with Crippen molar-refractivity contribution in [2.75, 3.05) is 6.54 Å². The van der Waals surface area contributed by atoms with E-state index in [0.29, 0.717) is 15.3 Å². The van der Waals surface area contributed by atoms with Crippen LogP contribution >= 0.6 is 15.9 Å². The number of sulfonamides is 1. The third-order valence-corrected chi connectivity index (χ3v) is 5.47. The summed E-state index contributed by atoms with van der Waals surface area (Å²) in [7, 11) is -4.23. The summed E-state index contributed by atoms with van der Waals surface area (Å²) >= 11 is 3.15. The van der Waals surface area contributed by atoms with Crippen LogP contribution in [0.25, 0.3) is 11.0 Å². The minimum absolute atomic E-state index is 0.222. The summed E-state index contributed by atoms with van der Waals surface area (Å²) in [6.07, 6.45) is 0. The highest BCUT2D eigenvalue weighted by Crippen LogP contribution is 2.35. The van der Waals surface area contributed by atoms with Gasteiger partial charge in [-0.2, -0.15) is 8.42 Å². The molecule has 2 aromatic rings. The predicted octanol–water partition coefficient (Wildman–Crippen LogP) is 1.44. The molecule has 9 heteroatoms. The number of fused-ring (bicyclic) bond motifs is 1. The zero-order valence-corrected chi connectivity index (χ0v) is 12.2. The second kappa shape index (κ2) is 4.32. The van der Waals surface area contributed by atoms with E-state index < -0.39 is 33.6 Å². The van der Waals surface area contributed by atoms with Crippen molar-refractivity contribution in [1.29, 1.82) is 0 Å². The minimum Gasteiger partial charge on any atom is -0.442 e. The van der Waals surface area contributed by atoms with Crippen molar-refractivity contribution < 1.29 is 22.4 Å². The number of amides is 3. The van der Waals surface area contributed by atoms with Gasteiger partial charge in [-0.15, -0.1) is 0 Å². The van der Waals surface area contributed by atoms with Gasteiger partial charge in [0, 0.05) is 5.39 Å². The van der Waals surface area contributed by atoms with E-state index in [4.69, 9.17) is 4.42 Å². The number of urea groups is 1. The fourth-order valence-electron chi connectivity index (χ4n) is 1.88. The average molecular weight is 359 g/mol. The number of nitrogens with zero attached hydrogens (tertiary/aromatic N) is 1. The van der Waals surface area contributed by atoms with Gasteiger partial charge in [-0.05, 0) is 28.1 Å². The molecule has 3 rings (SSSR count). The molecule has 0 radical (unpaired) electrons. The first-order chi connectivity index (χ1) is 9.41. The van der Waals surface area contributed by atoms with E-state index >= 15 is 0 Å². The van der Waals surface area contributed by atoms with Crippen molar-refractivity contribution in [3.63, 3.8) is 0 Å². The maximum absolute atomic E-state index is 12.4. The molecule has 1 aliphatic rings. The molecule has 0 unspecified atom stereocenters. The first-order valence-electron chi connectivity index (χ1n) is 5.45. The Morgan fingerprint density at radius 2 is 1.95 bits per heavy atom. The summed E-state index contributed by atoms with van der Waals surface area (Å²) in [5.74, 6) is -0.675. The Hall–Kier alpha value is -1.87. The lowest BCUT2D eigenvalue weighted by Gasteiger charge is -2.11. The van der Waals surface area contributed by atoms with Gasteiger partial charge in [0.2, 0.25) is 5.91 Å². The molecule has 7 nitrogen and oxygen atoms in total. The molecule has 1 N–H and O–H groups in total. The highest BCUT2D eigenvalue weighted by Gasteiger charge is 2.40. The second-order valence-electron chi connectivity index (χ2n) is 4.06. The van der Waals surface area contributed by atoms with Gasteiger partial charge in [0.25, 0.3) is 5.09 Å². The van der Waals surface area contributed by atoms with Crippen LogP contribution in [0.5, 0.6) is 0 Å². The maximum atomic E-state index is 12.4. The molecule has 0 saturated carbocycles. The molecular formula is C11H7BrN2O5S. The van der Waals surface area contributed by atoms with E-state index in [-0.39, 0.29) is 4.47 Å². The van der Waals surface area contributed by atoms with Crippen molar-refractivity contribution in [2.45, 2.75) is 5.09 Å². The van der Waals surface area contributed by atoms with Crippen molar-refractivity contribution in [3.8, 4) is 0 Å². The molecule has 1 aromatic carbocycles. The third kappa shape index (κ3) is 1.81. The average Bonchev–Trinajstić information content (AvgIpc) is 2.91. The molecule has 104 valence electrons. The SMILES string of the molecule is O=C1CN(S(=O)(=O)c2oc3ccccc3c2Br)C(=O)N1. The van der Waals surface area contributed by atoms with E-state index in [1.54, 1.807) is 24.3 Å². The standard InChI is InChI=1S/C11H7BrN2O5S/c12-9-6-3-1-2-4-7(6)19-10(9)20(17,18)14-5-8(15)13-11(14)16/h1-4H,5H2,(H,13,15,16). The van der Waals surface area contributed by atoms with Crippen LogP contribution in [0.15, 0.2) is 38.2 Å². The Labute approximate surface area is 121 Å². The number of halogens is 1. The largest absolute Gasteiger partial charge is 0.442 e. The fraction of sp³-hybridized carbons (Fsp3) is 0.0909. The molecule has 1 aromatic heterocycles. The fourth-order valence-corrected chi connectivity index (χ4v) is 4.18. The number of nitrogens with one attached hydrogen (secondary N) is 1. The van der Waals surface area contributed by atoms with Crippen LogP contribution in [0.2, 0.25) is 0 Å². The maximum Gasteiger partial charge on any atom is 0.338 e. The summed E-state index contributed by atoms with van der Waals surface area (Å²) in [5, 5.41) is 2.08. The normalized spacial score (nSPS) is 15.9. The predicted molar refractivity (Wildman–Crippen MR) is 71.3 cm³/mol. The number of furan rings is 1. The van der Waals surface area contributed by atoms with Crippen molar-refractivity contribution in [3.05, 3.63) is 28.7 Å². The molecule has 0 aliphatic carbocycles. The number of imide groups is 1. The van der Waals surface area contributed by atoms with Gasteiger partial charge in [-0.25, -0.2) is 9.10 Å². The third-order valence-electron chi connectivity index (χ3n) is 2.79. The number of para-hydroxylation sites is 1. The number of carbonyl (C=O) groups is 2. The summed E-state index contributed by atoms with van der Waals surface area (Å²) < 4.78 is 30.7. The van der Waals surface area contributed by atoms with Gasteiger partial charge < -0.3 is 4.42 Å². The first kappa shape index (κ1) is 13.1. The van der Waals surface area contributed by atoms with Gasteiger partial charge >= 0.3 is 16.1 Å². The van der Waals surface area contributed by atoms with Crippen LogP contribution in [0.3, 0.4) is 0 Å².